The van der Waals surface area contributed by atoms with E-state index in [2.05, 4.69) is 39.8 Å². The van der Waals surface area contributed by atoms with Gasteiger partial charge in [-0.3, -0.25) is 9.48 Å². The molecule has 0 aliphatic heterocycles. The Morgan fingerprint density at radius 1 is 1.38 bits per heavy atom. The standard InChI is InChI=1S/C20H20N4O2/c1-12-9-21-24(10-12)11-14-8-17(23-26-14)20(25)22-19-16-7-6-13-4-2-3-5-15(13)18(16)19/h2-5,8-10,16,18-19H,6-7,11H2,1H3,(H,22,25)/t16-,18-,19+/m0/s1. The summed E-state index contributed by atoms with van der Waals surface area (Å²) in [5.74, 6) is 1.46. The number of nitrogens with zero attached hydrogens (tertiary/aromatic N) is 3. The van der Waals surface area contributed by atoms with Crippen LogP contribution in [0.15, 0.2) is 47.2 Å². The molecule has 0 radical (unpaired) electrons. The van der Waals surface area contributed by atoms with Crippen molar-refractivity contribution in [3.05, 3.63) is 70.9 Å². The SMILES string of the molecule is Cc1cnn(Cc2cc(C(=O)N[C@@H]3[C@H]4CCc5ccccc5[C@@H]43)no2)c1. The smallest absolute Gasteiger partial charge is 0.273 e. The van der Waals surface area contributed by atoms with Crippen LogP contribution >= 0.6 is 0 Å². The average molecular weight is 348 g/mol. The Morgan fingerprint density at radius 3 is 3.12 bits per heavy atom. The molecule has 1 fully saturated rings. The second-order valence-electron chi connectivity index (χ2n) is 7.32. The Bertz CT molecular complexity index is 974. The van der Waals surface area contributed by atoms with E-state index >= 15 is 0 Å². The third-order valence-corrected chi connectivity index (χ3v) is 5.50. The van der Waals surface area contributed by atoms with Gasteiger partial charge in [0, 0.05) is 24.2 Å². The predicted molar refractivity (Wildman–Crippen MR) is 94.8 cm³/mol. The van der Waals surface area contributed by atoms with Gasteiger partial charge in [0.2, 0.25) is 0 Å². The highest BCUT2D eigenvalue weighted by atomic mass is 16.5. The molecule has 2 heterocycles. The molecule has 0 bridgehead atoms. The Kier molecular flexibility index (Phi) is 3.45. The second-order valence-corrected chi connectivity index (χ2v) is 7.32. The molecular formula is C20H20N4O2. The van der Waals surface area contributed by atoms with E-state index in [0.717, 1.165) is 18.4 Å². The van der Waals surface area contributed by atoms with Crippen molar-refractivity contribution >= 4 is 5.91 Å². The van der Waals surface area contributed by atoms with Crippen LogP contribution in [-0.2, 0) is 13.0 Å². The van der Waals surface area contributed by atoms with Crippen molar-refractivity contribution in [3.63, 3.8) is 0 Å². The lowest BCUT2D eigenvalue weighted by Gasteiger charge is -2.13. The largest absolute Gasteiger partial charge is 0.359 e. The van der Waals surface area contributed by atoms with Crippen LogP contribution in [0.2, 0.25) is 0 Å². The monoisotopic (exact) mass is 348 g/mol. The van der Waals surface area contributed by atoms with Crippen molar-refractivity contribution < 1.29 is 9.32 Å². The van der Waals surface area contributed by atoms with Gasteiger partial charge < -0.3 is 9.84 Å². The summed E-state index contributed by atoms with van der Waals surface area (Å²) in [5, 5.41) is 11.3. The quantitative estimate of drug-likeness (QED) is 0.787. The number of carbonyl (C=O) groups is 1. The zero-order valence-electron chi connectivity index (χ0n) is 14.6. The number of amides is 1. The van der Waals surface area contributed by atoms with Gasteiger partial charge in [-0.05, 0) is 42.4 Å². The minimum absolute atomic E-state index is 0.159. The molecule has 0 saturated heterocycles. The van der Waals surface area contributed by atoms with E-state index in [0.29, 0.717) is 29.8 Å². The van der Waals surface area contributed by atoms with Gasteiger partial charge >= 0.3 is 0 Å². The van der Waals surface area contributed by atoms with Crippen molar-refractivity contribution in [1.29, 1.82) is 0 Å². The zero-order valence-corrected chi connectivity index (χ0v) is 14.6. The summed E-state index contributed by atoms with van der Waals surface area (Å²) in [6, 6.07) is 10.5. The van der Waals surface area contributed by atoms with Gasteiger partial charge in [0.05, 0.1) is 6.20 Å². The Labute approximate surface area is 151 Å². The van der Waals surface area contributed by atoms with Crippen LogP contribution in [-0.4, -0.2) is 26.9 Å². The molecule has 1 saturated carbocycles. The van der Waals surface area contributed by atoms with Gasteiger partial charge in [-0.1, -0.05) is 29.4 Å². The summed E-state index contributed by atoms with van der Waals surface area (Å²) in [7, 11) is 0. The van der Waals surface area contributed by atoms with Crippen molar-refractivity contribution in [2.45, 2.75) is 38.3 Å². The predicted octanol–water partition coefficient (Wildman–Crippen LogP) is 2.69. The molecule has 6 nitrogen and oxygen atoms in total. The lowest BCUT2D eigenvalue weighted by atomic mass is 9.92. The molecule has 3 aromatic rings. The molecular weight excluding hydrogens is 328 g/mol. The van der Waals surface area contributed by atoms with Gasteiger partial charge in [-0.15, -0.1) is 0 Å². The highest BCUT2D eigenvalue weighted by Crippen LogP contribution is 2.54. The number of aryl methyl sites for hydroxylation is 2. The molecule has 3 atom stereocenters. The van der Waals surface area contributed by atoms with E-state index in [-0.39, 0.29) is 11.9 Å². The Morgan fingerprint density at radius 2 is 2.27 bits per heavy atom. The fourth-order valence-electron chi connectivity index (χ4n) is 4.20. The van der Waals surface area contributed by atoms with Crippen molar-refractivity contribution in [2.75, 3.05) is 0 Å². The fourth-order valence-corrected chi connectivity index (χ4v) is 4.20. The topological polar surface area (TPSA) is 73.0 Å². The van der Waals surface area contributed by atoms with E-state index in [4.69, 9.17) is 4.52 Å². The van der Waals surface area contributed by atoms with Crippen molar-refractivity contribution in [1.82, 2.24) is 20.3 Å². The molecule has 26 heavy (non-hydrogen) atoms. The number of fused-ring (bicyclic) bond motifs is 3. The molecule has 2 aliphatic carbocycles. The molecule has 0 spiro atoms. The van der Waals surface area contributed by atoms with Gasteiger partial charge in [0.1, 0.15) is 6.54 Å². The summed E-state index contributed by atoms with van der Waals surface area (Å²) < 4.78 is 7.07. The van der Waals surface area contributed by atoms with Gasteiger partial charge in [-0.2, -0.15) is 5.10 Å². The summed E-state index contributed by atoms with van der Waals surface area (Å²) in [6.45, 7) is 2.45. The molecule has 6 heteroatoms. The van der Waals surface area contributed by atoms with Crippen LogP contribution in [0.1, 0.15) is 45.3 Å². The highest BCUT2D eigenvalue weighted by Gasteiger charge is 2.53. The fraction of sp³-hybridized carbons (Fsp3) is 0.350. The number of rotatable bonds is 4. The van der Waals surface area contributed by atoms with Crippen LogP contribution in [0, 0.1) is 12.8 Å². The Balaban J connectivity index is 1.26. The summed E-state index contributed by atoms with van der Waals surface area (Å²) in [4.78, 5) is 12.6. The number of benzene rings is 1. The average Bonchev–Trinajstić information content (AvgIpc) is 2.95. The molecule has 2 aromatic heterocycles. The maximum atomic E-state index is 12.6. The van der Waals surface area contributed by atoms with Gasteiger partial charge in [0.15, 0.2) is 11.5 Å². The summed E-state index contributed by atoms with van der Waals surface area (Å²) >= 11 is 0. The van der Waals surface area contributed by atoms with E-state index in [1.807, 2.05) is 13.1 Å². The first-order valence-electron chi connectivity index (χ1n) is 9.02. The van der Waals surface area contributed by atoms with Crippen LogP contribution in [0.5, 0.6) is 0 Å². The van der Waals surface area contributed by atoms with E-state index in [1.54, 1.807) is 16.9 Å². The van der Waals surface area contributed by atoms with Crippen LogP contribution in [0.4, 0.5) is 0 Å². The van der Waals surface area contributed by atoms with Crippen LogP contribution < -0.4 is 5.32 Å². The minimum Gasteiger partial charge on any atom is -0.359 e. The number of carbonyl (C=O) groups excluding carboxylic acids is 1. The Hall–Kier alpha value is -2.89. The minimum atomic E-state index is -0.159. The molecule has 132 valence electrons. The van der Waals surface area contributed by atoms with Crippen molar-refractivity contribution in [2.24, 2.45) is 5.92 Å². The van der Waals surface area contributed by atoms with E-state index in [1.165, 1.54) is 11.1 Å². The third kappa shape index (κ3) is 2.62. The van der Waals surface area contributed by atoms with Crippen molar-refractivity contribution in [3.8, 4) is 0 Å². The van der Waals surface area contributed by atoms with E-state index in [9.17, 15) is 4.79 Å². The lowest BCUT2D eigenvalue weighted by molar-refractivity contribution is 0.0939. The van der Waals surface area contributed by atoms with Gasteiger partial charge in [0.25, 0.3) is 5.91 Å². The molecule has 1 N–H and O–H groups in total. The van der Waals surface area contributed by atoms with E-state index < -0.39 is 0 Å². The van der Waals surface area contributed by atoms with Gasteiger partial charge in [-0.25, -0.2) is 0 Å². The summed E-state index contributed by atoms with van der Waals surface area (Å²) in [5.41, 5.74) is 4.23. The molecule has 1 aromatic carbocycles. The molecule has 5 rings (SSSR count). The first-order valence-corrected chi connectivity index (χ1v) is 9.02. The second kappa shape index (κ2) is 5.83. The molecule has 0 unspecified atom stereocenters. The highest BCUT2D eigenvalue weighted by molar-refractivity contribution is 5.92. The van der Waals surface area contributed by atoms with Crippen LogP contribution in [0.25, 0.3) is 0 Å². The first-order chi connectivity index (χ1) is 12.7. The number of nitrogens with one attached hydrogen (secondary N) is 1. The normalized spacial score (nSPS) is 23.2. The number of aromatic nitrogens is 3. The zero-order chi connectivity index (χ0) is 17.7. The third-order valence-electron chi connectivity index (χ3n) is 5.50. The first kappa shape index (κ1) is 15.4. The lowest BCUT2D eigenvalue weighted by Crippen LogP contribution is -2.27. The molecule has 1 amide bonds. The maximum Gasteiger partial charge on any atom is 0.273 e. The number of hydrogen-bond acceptors (Lipinski definition) is 4. The molecule has 2 aliphatic rings. The maximum absolute atomic E-state index is 12.6. The summed E-state index contributed by atoms with van der Waals surface area (Å²) in [6.07, 6.45) is 5.95. The van der Waals surface area contributed by atoms with Crippen LogP contribution in [0.3, 0.4) is 0 Å². The number of hydrogen-bond donors (Lipinski definition) is 1.